The van der Waals surface area contributed by atoms with Gasteiger partial charge in [0.15, 0.2) is 17.5 Å². The minimum atomic E-state index is -2.61. The highest BCUT2D eigenvalue weighted by atomic mass is 31.2. The Morgan fingerprint density at radius 2 is 0.778 bits per heavy atom. The zero-order valence-electron chi connectivity index (χ0n) is 24.6. The van der Waals surface area contributed by atoms with Gasteiger partial charge in [-0.25, -0.2) is 15.0 Å². The topological polar surface area (TPSA) is 55.7 Å². The second kappa shape index (κ2) is 10.9. The van der Waals surface area contributed by atoms with Gasteiger partial charge in [-0.05, 0) is 34.5 Å². The van der Waals surface area contributed by atoms with Crippen molar-refractivity contribution < 1.29 is 4.57 Å². The van der Waals surface area contributed by atoms with Gasteiger partial charge in [0.05, 0.1) is 0 Å². The van der Waals surface area contributed by atoms with E-state index in [-0.39, 0.29) is 0 Å². The van der Waals surface area contributed by atoms with Crippen molar-refractivity contribution in [3.8, 4) is 67.5 Å². The SMILES string of the molecule is CP1(=O)c2ccccc2-c2c(-c3ccc(-c4ccc(-c5nc(-c6ccccc6)nc(-c6ccccc6)n5)cc4)cc3)cccc21. The molecule has 0 aliphatic carbocycles. The van der Waals surface area contributed by atoms with Crippen molar-refractivity contribution in [2.75, 3.05) is 6.66 Å². The molecule has 214 valence electrons. The lowest BCUT2D eigenvalue weighted by molar-refractivity contribution is 0.591. The number of fused-ring (bicyclic) bond motifs is 3. The van der Waals surface area contributed by atoms with E-state index in [2.05, 4.69) is 60.7 Å². The summed E-state index contributed by atoms with van der Waals surface area (Å²) in [6, 6.07) is 51.3. The van der Waals surface area contributed by atoms with Gasteiger partial charge in [0.1, 0.15) is 7.14 Å². The third-order valence-electron chi connectivity index (χ3n) is 8.51. The van der Waals surface area contributed by atoms with Gasteiger partial charge < -0.3 is 4.57 Å². The van der Waals surface area contributed by atoms with Crippen molar-refractivity contribution in [1.29, 1.82) is 0 Å². The molecule has 7 aromatic rings. The number of benzene rings is 6. The van der Waals surface area contributed by atoms with Crippen LogP contribution < -0.4 is 10.6 Å². The lowest BCUT2D eigenvalue weighted by Crippen LogP contribution is -2.07. The smallest absolute Gasteiger partial charge is 0.164 e. The molecule has 1 aromatic heterocycles. The van der Waals surface area contributed by atoms with E-state index in [0.717, 1.165) is 60.7 Å². The highest BCUT2D eigenvalue weighted by Gasteiger charge is 2.35. The molecule has 0 spiro atoms. The summed E-state index contributed by atoms with van der Waals surface area (Å²) >= 11 is 0. The molecule has 0 fully saturated rings. The van der Waals surface area contributed by atoms with E-state index in [9.17, 15) is 4.57 Å². The summed E-state index contributed by atoms with van der Waals surface area (Å²) in [6.45, 7) is 1.89. The van der Waals surface area contributed by atoms with Crippen LogP contribution in [0.25, 0.3) is 67.5 Å². The first kappa shape index (κ1) is 27.1. The Bertz CT molecular complexity index is 2170. The third-order valence-corrected chi connectivity index (χ3v) is 11.1. The fourth-order valence-corrected chi connectivity index (χ4v) is 8.51. The summed E-state index contributed by atoms with van der Waals surface area (Å²) in [4.78, 5) is 14.5. The molecule has 0 amide bonds. The molecule has 1 unspecified atom stereocenters. The summed E-state index contributed by atoms with van der Waals surface area (Å²) in [5.74, 6) is 1.93. The lowest BCUT2D eigenvalue weighted by Gasteiger charge is -2.12. The van der Waals surface area contributed by atoms with Gasteiger partial charge >= 0.3 is 0 Å². The predicted octanol–water partition coefficient (Wildman–Crippen LogP) is 9.13. The van der Waals surface area contributed by atoms with Crippen molar-refractivity contribution in [2.45, 2.75) is 0 Å². The molecule has 0 N–H and O–H groups in total. The summed E-state index contributed by atoms with van der Waals surface area (Å²) in [7, 11) is -2.61. The van der Waals surface area contributed by atoms with E-state index in [0.29, 0.717) is 17.5 Å². The zero-order valence-corrected chi connectivity index (χ0v) is 25.5. The van der Waals surface area contributed by atoms with E-state index < -0.39 is 7.14 Å². The van der Waals surface area contributed by atoms with E-state index in [1.54, 1.807) is 0 Å². The standard InChI is InChI=1S/C40H28N3OP/c1-45(44)35-17-9-8-15-34(35)37-33(16-10-18-36(37)45)29-23-19-27(20-24-29)28-21-25-32(26-22-28)40-42-38(30-11-4-2-5-12-30)41-39(43-40)31-13-6-3-7-14-31/h2-26H,1H3. The van der Waals surface area contributed by atoms with Crippen LogP contribution in [-0.2, 0) is 4.57 Å². The van der Waals surface area contributed by atoms with Gasteiger partial charge in [0.25, 0.3) is 0 Å². The monoisotopic (exact) mass is 597 g/mol. The Balaban J connectivity index is 1.13. The van der Waals surface area contributed by atoms with Gasteiger partial charge in [-0.1, -0.05) is 152 Å². The minimum Gasteiger partial charge on any atom is -0.314 e. The van der Waals surface area contributed by atoms with Crippen molar-refractivity contribution in [1.82, 2.24) is 15.0 Å². The summed E-state index contributed by atoms with van der Waals surface area (Å²) in [5, 5.41) is 1.90. The van der Waals surface area contributed by atoms with Crippen LogP contribution in [-0.4, -0.2) is 21.6 Å². The Labute approximate surface area is 262 Å². The Kier molecular flexibility index (Phi) is 6.59. The Hall–Kier alpha value is -5.44. The maximum absolute atomic E-state index is 13.8. The fraction of sp³-hybridized carbons (Fsp3) is 0.0250. The van der Waals surface area contributed by atoms with Crippen molar-refractivity contribution in [3.63, 3.8) is 0 Å². The van der Waals surface area contributed by atoms with Crippen LogP contribution in [0.1, 0.15) is 0 Å². The van der Waals surface area contributed by atoms with Gasteiger partial charge in [-0.2, -0.15) is 0 Å². The molecular weight excluding hydrogens is 569 g/mol. The Morgan fingerprint density at radius 1 is 0.378 bits per heavy atom. The second-order valence-electron chi connectivity index (χ2n) is 11.3. The molecule has 2 heterocycles. The molecule has 45 heavy (non-hydrogen) atoms. The van der Waals surface area contributed by atoms with Crippen LogP contribution in [0, 0.1) is 0 Å². The average molecular weight is 598 g/mol. The van der Waals surface area contributed by atoms with Crippen LogP contribution in [0.15, 0.2) is 152 Å². The molecule has 4 nitrogen and oxygen atoms in total. The molecule has 0 bridgehead atoms. The number of aromatic nitrogens is 3. The van der Waals surface area contributed by atoms with E-state index in [1.807, 2.05) is 97.7 Å². The molecule has 1 atom stereocenters. The molecular formula is C40H28N3OP. The first-order chi connectivity index (χ1) is 22.1. The largest absolute Gasteiger partial charge is 0.314 e. The van der Waals surface area contributed by atoms with Crippen LogP contribution in [0.4, 0.5) is 0 Å². The quantitative estimate of drug-likeness (QED) is 0.186. The van der Waals surface area contributed by atoms with Crippen LogP contribution in [0.5, 0.6) is 0 Å². The van der Waals surface area contributed by atoms with E-state index >= 15 is 0 Å². The predicted molar refractivity (Wildman–Crippen MR) is 185 cm³/mol. The van der Waals surface area contributed by atoms with Gasteiger partial charge in [-0.15, -0.1) is 0 Å². The van der Waals surface area contributed by atoms with Gasteiger partial charge in [0.2, 0.25) is 0 Å². The number of hydrogen-bond donors (Lipinski definition) is 0. The molecule has 0 radical (unpaired) electrons. The molecule has 6 aromatic carbocycles. The summed E-state index contributed by atoms with van der Waals surface area (Å²) in [5.41, 5.74) is 9.44. The maximum Gasteiger partial charge on any atom is 0.164 e. The molecule has 8 rings (SSSR count). The van der Waals surface area contributed by atoms with E-state index in [4.69, 9.17) is 15.0 Å². The Morgan fingerprint density at radius 3 is 1.33 bits per heavy atom. The number of nitrogens with zero attached hydrogens (tertiary/aromatic N) is 3. The van der Waals surface area contributed by atoms with Crippen LogP contribution in [0.3, 0.4) is 0 Å². The molecule has 5 heteroatoms. The molecule has 1 aliphatic rings. The van der Waals surface area contributed by atoms with Gasteiger partial charge in [-0.3, -0.25) is 0 Å². The molecule has 0 saturated heterocycles. The normalized spacial score (nSPS) is 15.0. The van der Waals surface area contributed by atoms with Crippen molar-refractivity contribution >= 4 is 17.8 Å². The first-order valence-corrected chi connectivity index (χ1v) is 17.1. The van der Waals surface area contributed by atoms with E-state index in [1.165, 1.54) is 0 Å². The van der Waals surface area contributed by atoms with Crippen molar-refractivity contribution in [3.05, 3.63) is 152 Å². The number of hydrogen-bond acceptors (Lipinski definition) is 4. The van der Waals surface area contributed by atoms with Crippen molar-refractivity contribution in [2.24, 2.45) is 0 Å². The van der Waals surface area contributed by atoms with Crippen LogP contribution in [0.2, 0.25) is 0 Å². The first-order valence-electron chi connectivity index (χ1n) is 15.0. The highest BCUT2D eigenvalue weighted by Crippen LogP contribution is 2.52. The fourth-order valence-electron chi connectivity index (χ4n) is 6.20. The molecule has 1 aliphatic heterocycles. The summed E-state index contributed by atoms with van der Waals surface area (Å²) in [6.07, 6.45) is 0. The zero-order chi connectivity index (χ0) is 30.4. The number of rotatable bonds is 5. The summed E-state index contributed by atoms with van der Waals surface area (Å²) < 4.78 is 13.8. The minimum absolute atomic E-state index is 0.635. The molecule has 0 saturated carbocycles. The average Bonchev–Trinajstić information content (AvgIpc) is 3.35. The lowest BCUT2D eigenvalue weighted by atomic mass is 9.93. The second-order valence-corrected chi connectivity index (χ2v) is 14.1. The van der Waals surface area contributed by atoms with Gasteiger partial charge in [0, 0.05) is 32.9 Å². The van der Waals surface area contributed by atoms with Crippen LogP contribution >= 0.6 is 7.14 Å². The third kappa shape index (κ3) is 4.81. The maximum atomic E-state index is 13.8. The highest BCUT2D eigenvalue weighted by molar-refractivity contribution is 7.79.